The van der Waals surface area contributed by atoms with Crippen LogP contribution in [0, 0.1) is 0 Å². The molecule has 66 valence electrons. The Morgan fingerprint density at radius 2 is 1.91 bits per heavy atom. The number of amides is 1. The van der Waals surface area contributed by atoms with Gasteiger partial charge in [-0.25, -0.2) is 0 Å². The molecule has 0 bridgehead atoms. The fourth-order valence-corrected chi connectivity index (χ4v) is 0.893. The van der Waals surface area contributed by atoms with Crippen LogP contribution in [0.4, 0.5) is 0 Å². The summed E-state index contributed by atoms with van der Waals surface area (Å²) in [6, 6.07) is 0. The number of unbranched alkanes of at least 4 members (excludes halogenated alkanes) is 2. The Morgan fingerprint density at radius 3 is 2.36 bits per heavy atom. The molecule has 0 atom stereocenters. The minimum absolute atomic E-state index is 0.279. The standard InChI is InChI=1S/C9H19NO/c1-4-6-7-8-9(11)10(3)5-2/h4-8H2,1-3H3. The predicted octanol–water partition coefficient (Wildman–Crippen LogP) is 2.04. The van der Waals surface area contributed by atoms with Gasteiger partial charge in [-0.2, -0.15) is 0 Å². The molecule has 0 saturated heterocycles. The number of hydrogen-bond donors (Lipinski definition) is 0. The average Bonchev–Trinajstić information content (AvgIpc) is 2.03. The minimum atomic E-state index is 0.279. The van der Waals surface area contributed by atoms with Gasteiger partial charge in [0.25, 0.3) is 0 Å². The van der Waals surface area contributed by atoms with E-state index in [0.717, 1.165) is 19.4 Å². The summed E-state index contributed by atoms with van der Waals surface area (Å²) in [7, 11) is 1.86. The molecule has 0 N–H and O–H groups in total. The molecule has 1 amide bonds. The zero-order valence-corrected chi connectivity index (χ0v) is 7.89. The number of carbonyl (C=O) groups is 1. The number of rotatable bonds is 5. The lowest BCUT2D eigenvalue weighted by atomic mass is 10.2. The molecule has 11 heavy (non-hydrogen) atoms. The van der Waals surface area contributed by atoms with E-state index in [-0.39, 0.29) is 5.91 Å². The Morgan fingerprint density at radius 1 is 1.27 bits per heavy atom. The highest BCUT2D eigenvalue weighted by molar-refractivity contribution is 5.75. The van der Waals surface area contributed by atoms with E-state index in [4.69, 9.17) is 0 Å². The number of hydrogen-bond acceptors (Lipinski definition) is 1. The van der Waals surface area contributed by atoms with Gasteiger partial charge in [0.15, 0.2) is 0 Å². The summed E-state index contributed by atoms with van der Waals surface area (Å²) in [4.78, 5) is 12.9. The van der Waals surface area contributed by atoms with Crippen LogP contribution in [-0.4, -0.2) is 24.4 Å². The predicted molar refractivity (Wildman–Crippen MR) is 47.5 cm³/mol. The topological polar surface area (TPSA) is 20.3 Å². The molecular weight excluding hydrogens is 138 g/mol. The molecule has 0 spiro atoms. The fourth-order valence-electron chi connectivity index (χ4n) is 0.893. The number of nitrogens with zero attached hydrogens (tertiary/aromatic N) is 1. The Labute approximate surface area is 69.6 Å². The lowest BCUT2D eigenvalue weighted by Gasteiger charge is -2.13. The van der Waals surface area contributed by atoms with Crippen LogP contribution in [0.25, 0.3) is 0 Å². The quantitative estimate of drug-likeness (QED) is 0.559. The van der Waals surface area contributed by atoms with Gasteiger partial charge < -0.3 is 4.90 Å². The van der Waals surface area contributed by atoms with Crippen LogP contribution in [0.15, 0.2) is 0 Å². The highest BCUT2D eigenvalue weighted by Gasteiger charge is 2.04. The first-order valence-electron chi connectivity index (χ1n) is 4.46. The first-order chi connectivity index (χ1) is 5.22. The summed E-state index contributed by atoms with van der Waals surface area (Å²) in [6.07, 6.45) is 4.12. The monoisotopic (exact) mass is 157 g/mol. The zero-order valence-electron chi connectivity index (χ0n) is 7.89. The molecule has 0 unspecified atom stereocenters. The Hall–Kier alpha value is -0.530. The first-order valence-corrected chi connectivity index (χ1v) is 4.46. The van der Waals surface area contributed by atoms with Crippen molar-refractivity contribution in [1.82, 2.24) is 4.90 Å². The maximum atomic E-state index is 11.2. The summed E-state index contributed by atoms with van der Waals surface area (Å²) in [6.45, 7) is 4.97. The fraction of sp³-hybridized carbons (Fsp3) is 0.889. The van der Waals surface area contributed by atoms with Crippen LogP contribution in [0.3, 0.4) is 0 Å². The summed E-state index contributed by atoms with van der Waals surface area (Å²) in [5, 5.41) is 0. The molecule has 0 fully saturated rings. The highest BCUT2D eigenvalue weighted by atomic mass is 16.2. The van der Waals surface area contributed by atoms with E-state index in [0.29, 0.717) is 0 Å². The molecule has 0 aromatic heterocycles. The zero-order chi connectivity index (χ0) is 8.69. The Kier molecular flexibility index (Phi) is 5.90. The minimum Gasteiger partial charge on any atom is -0.346 e. The van der Waals surface area contributed by atoms with Crippen LogP contribution in [0.5, 0.6) is 0 Å². The van der Waals surface area contributed by atoms with E-state index in [1.165, 1.54) is 12.8 Å². The number of carbonyl (C=O) groups excluding carboxylic acids is 1. The summed E-state index contributed by atoms with van der Waals surface area (Å²) < 4.78 is 0. The second kappa shape index (κ2) is 6.20. The van der Waals surface area contributed by atoms with Crippen molar-refractivity contribution in [2.75, 3.05) is 13.6 Å². The lowest BCUT2D eigenvalue weighted by Crippen LogP contribution is -2.25. The van der Waals surface area contributed by atoms with Crippen molar-refractivity contribution in [3.63, 3.8) is 0 Å². The van der Waals surface area contributed by atoms with Gasteiger partial charge in [0.2, 0.25) is 5.91 Å². The van der Waals surface area contributed by atoms with E-state index < -0.39 is 0 Å². The van der Waals surface area contributed by atoms with Gasteiger partial charge in [0, 0.05) is 20.0 Å². The molecule has 0 aliphatic carbocycles. The van der Waals surface area contributed by atoms with Gasteiger partial charge in [-0.15, -0.1) is 0 Å². The van der Waals surface area contributed by atoms with Crippen molar-refractivity contribution >= 4 is 5.91 Å². The molecule has 0 rings (SSSR count). The second-order valence-electron chi connectivity index (χ2n) is 2.87. The van der Waals surface area contributed by atoms with E-state index in [1.807, 2.05) is 14.0 Å². The van der Waals surface area contributed by atoms with Gasteiger partial charge in [0.05, 0.1) is 0 Å². The third kappa shape index (κ3) is 4.82. The Bertz CT molecular complexity index is 112. The molecule has 0 aromatic rings. The normalized spacial score (nSPS) is 9.73. The average molecular weight is 157 g/mol. The molecule has 0 radical (unpaired) electrons. The first kappa shape index (κ1) is 10.5. The van der Waals surface area contributed by atoms with Gasteiger partial charge in [0.1, 0.15) is 0 Å². The third-order valence-corrected chi connectivity index (χ3v) is 1.89. The summed E-state index contributed by atoms with van der Waals surface area (Å²) in [5.74, 6) is 0.279. The third-order valence-electron chi connectivity index (χ3n) is 1.89. The lowest BCUT2D eigenvalue weighted by molar-refractivity contribution is -0.129. The summed E-state index contributed by atoms with van der Waals surface area (Å²) in [5.41, 5.74) is 0. The van der Waals surface area contributed by atoms with Gasteiger partial charge >= 0.3 is 0 Å². The van der Waals surface area contributed by atoms with E-state index in [1.54, 1.807) is 4.90 Å². The SMILES string of the molecule is CCCCCC(=O)N(C)CC. The van der Waals surface area contributed by atoms with Crippen molar-refractivity contribution in [3.8, 4) is 0 Å². The van der Waals surface area contributed by atoms with Crippen molar-refractivity contribution in [1.29, 1.82) is 0 Å². The second-order valence-corrected chi connectivity index (χ2v) is 2.87. The maximum Gasteiger partial charge on any atom is 0.222 e. The van der Waals surface area contributed by atoms with Crippen molar-refractivity contribution in [2.45, 2.75) is 39.5 Å². The van der Waals surface area contributed by atoms with Crippen molar-refractivity contribution < 1.29 is 4.79 Å². The van der Waals surface area contributed by atoms with Gasteiger partial charge in [-0.1, -0.05) is 19.8 Å². The molecule has 2 heteroatoms. The molecular formula is C9H19NO. The molecule has 0 aromatic carbocycles. The summed E-state index contributed by atoms with van der Waals surface area (Å²) >= 11 is 0. The van der Waals surface area contributed by atoms with Gasteiger partial charge in [-0.3, -0.25) is 4.79 Å². The van der Waals surface area contributed by atoms with Crippen LogP contribution in [-0.2, 0) is 4.79 Å². The van der Waals surface area contributed by atoms with E-state index in [9.17, 15) is 4.79 Å². The largest absolute Gasteiger partial charge is 0.346 e. The van der Waals surface area contributed by atoms with E-state index >= 15 is 0 Å². The maximum absolute atomic E-state index is 11.2. The van der Waals surface area contributed by atoms with Crippen LogP contribution >= 0.6 is 0 Å². The molecule has 0 saturated carbocycles. The molecule has 0 heterocycles. The highest BCUT2D eigenvalue weighted by Crippen LogP contribution is 2.01. The molecule has 0 aliphatic heterocycles. The van der Waals surface area contributed by atoms with Gasteiger partial charge in [-0.05, 0) is 13.3 Å². The van der Waals surface area contributed by atoms with Crippen LogP contribution < -0.4 is 0 Å². The molecule has 0 aliphatic rings. The Balaban J connectivity index is 3.36. The van der Waals surface area contributed by atoms with E-state index in [2.05, 4.69) is 6.92 Å². The van der Waals surface area contributed by atoms with Crippen molar-refractivity contribution in [2.24, 2.45) is 0 Å². The van der Waals surface area contributed by atoms with Crippen molar-refractivity contribution in [3.05, 3.63) is 0 Å². The smallest absolute Gasteiger partial charge is 0.222 e. The van der Waals surface area contributed by atoms with Crippen LogP contribution in [0.1, 0.15) is 39.5 Å². The van der Waals surface area contributed by atoms with Crippen LogP contribution in [0.2, 0.25) is 0 Å². The molecule has 2 nitrogen and oxygen atoms in total.